The molecular weight excluding hydrogens is 250 g/mol. The third kappa shape index (κ3) is 3.48. The van der Waals surface area contributed by atoms with Crippen molar-refractivity contribution in [1.82, 2.24) is 15.3 Å². The van der Waals surface area contributed by atoms with Crippen LogP contribution in [0.4, 0.5) is 0 Å². The van der Waals surface area contributed by atoms with Crippen molar-refractivity contribution in [3.63, 3.8) is 0 Å². The molecule has 0 saturated heterocycles. The Bertz CT molecular complexity index is 515. The van der Waals surface area contributed by atoms with Gasteiger partial charge in [0.05, 0.1) is 5.56 Å². The summed E-state index contributed by atoms with van der Waals surface area (Å²) in [5, 5.41) is 3.55. The smallest absolute Gasteiger partial charge is 0.255 e. The van der Waals surface area contributed by atoms with Gasteiger partial charge in [0.25, 0.3) is 5.56 Å². The van der Waals surface area contributed by atoms with Crippen molar-refractivity contribution in [2.45, 2.75) is 65.8 Å². The van der Waals surface area contributed by atoms with Crippen LogP contribution in [-0.4, -0.2) is 16.5 Å². The Morgan fingerprint density at radius 1 is 1.30 bits per heavy atom. The second kappa shape index (κ2) is 6.08. The number of aromatic amines is 1. The van der Waals surface area contributed by atoms with Gasteiger partial charge in [-0.25, -0.2) is 4.98 Å². The molecule has 0 amide bonds. The summed E-state index contributed by atoms with van der Waals surface area (Å²) in [6.07, 6.45) is 6.60. The van der Waals surface area contributed by atoms with E-state index in [4.69, 9.17) is 0 Å². The molecule has 1 aliphatic rings. The summed E-state index contributed by atoms with van der Waals surface area (Å²) in [4.78, 5) is 19.3. The van der Waals surface area contributed by atoms with Gasteiger partial charge in [0.15, 0.2) is 0 Å². The van der Waals surface area contributed by atoms with Crippen molar-refractivity contribution in [2.24, 2.45) is 5.41 Å². The normalized spacial score (nSPS) is 19.8. The van der Waals surface area contributed by atoms with Crippen molar-refractivity contribution in [1.29, 1.82) is 0 Å². The van der Waals surface area contributed by atoms with E-state index < -0.39 is 0 Å². The first-order valence-electron chi connectivity index (χ1n) is 7.72. The molecule has 20 heavy (non-hydrogen) atoms. The van der Waals surface area contributed by atoms with Gasteiger partial charge in [0, 0.05) is 18.3 Å². The first-order chi connectivity index (χ1) is 9.41. The highest BCUT2D eigenvalue weighted by Gasteiger charge is 2.27. The number of rotatable bonds is 4. The summed E-state index contributed by atoms with van der Waals surface area (Å²) in [6, 6.07) is 0.0469. The van der Waals surface area contributed by atoms with E-state index in [2.05, 4.69) is 29.1 Å². The first-order valence-corrected chi connectivity index (χ1v) is 7.72. The lowest BCUT2D eigenvalue weighted by Gasteiger charge is -2.35. The van der Waals surface area contributed by atoms with Crippen LogP contribution in [-0.2, 0) is 0 Å². The van der Waals surface area contributed by atoms with Crippen molar-refractivity contribution >= 4 is 0 Å². The highest BCUT2D eigenvalue weighted by molar-refractivity contribution is 5.20. The van der Waals surface area contributed by atoms with Crippen LogP contribution in [0.1, 0.15) is 69.1 Å². The van der Waals surface area contributed by atoms with E-state index in [-0.39, 0.29) is 11.6 Å². The summed E-state index contributed by atoms with van der Waals surface area (Å²) >= 11 is 0. The molecule has 1 unspecified atom stereocenters. The van der Waals surface area contributed by atoms with Crippen molar-refractivity contribution in [2.75, 3.05) is 6.54 Å². The topological polar surface area (TPSA) is 57.8 Å². The lowest BCUT2D eigenvalue weighted by atomic mass is 9.75. The second-order valence-electron chi connectivity index (χ2n) is 6.62. The summed E-state index contributed by atoms with van der Waals surface area (Å²) in [5.74, 6) is 0.683. The van der Waals surface area contributed by atoms with Gasteiger partial charge < -0.3 is 10.3 Å². The lowest BCUT2D eigenvalue weighted by molar-refractivity contribution is 0.201. The summed E-state index contributed by atoms with van der Waals surface area (Å²) in [6.45, 7) is 9.12. The van der Waals surface area contributed by atoms with E-state index in [9.17, 15) is 4.79 Å². The minimum atomic E-state index is -0.0104. The Morgan fingerprint density at radius 2 is 1.95 bits per heavy atom. The van der Waals surface area contributed by atoms with E-state index in [1.54, 1.807) is 0 Å². The fourth-order valence-electron chi connectivity index (χ4n) is 3.33. The number of nitrogens with one attached hydrogen (secondary N) is 2. The van der Waals surface area contributed by atoms with Crippen LogP contribution in [0.25, 0.3) is 0 Å². The molecule has 112 valence electrons. The SMILES string of the molecule is Cc1nc(C)c(C(C)NCC2(C)CCCCC2)c(=O)[nH]1. The molecule has 2 rings (SSSR count). The van der Waals surface area contributed by atoms with Crippen LogP contribution in [0.5, 0.6) is 0 Å². The van der Waals surface area contributed by atoms with Crippen LogP contribution >= 0.6 is 0 Å². The van der Waals surface area contributed by atoms with E-state index in [0.717, 1.165) is 17.8 Å². The van der Waals surface area contributed by atoms with Crippen molar-refractivity contribution < 1.29 is 0 Å². The molecule has 0 aromatic carbocycles. The Balaban J connectivity index is 2.05. The van der Waals surface area contributed by atoms with Crippen molar-refractivity contribution in [3.8, 4) is 0 Å². The zero-order valence-corrected chi connectivity index (χ0v) is 13.2. The monoisotopic (exact) mass is 277 g/mol. The minimum absolute atomic E-state index is 0.0104. The Morgan fingerprint density at radius 3 is 2.55 bits per heavy atom. The van der Waals surface area contributed by atoms with Crippen LogP contribution in [0.15, 0.2) is 4.79 Å². The van der Waals surface area contributed by atoms with Gasteiger partial charge in [-0.3, -0.25) is 4.79 Å². The molecular formula is C16H27N3O. The number of H-pyrrole nitrogens is 1. The maximum absolute atomic E-state index is 12.1. The molecule has 0 bridgehead atoms. The van der Waals surface area contributed by atoms with Gasteiger partial charge in [0.1, 0.15) is 5.82 Å². The largest absolute Gasteiger partial charge is 0.310 e. The molecule has 0 radical (unpaired) electrons. The molecule has 1 fully saturated rings. The highest BCUT2D eigenvalue weighted by Crippen LogP contribution is 2.35. The van der Waals surface area contributed by atoms with Crippen LogP contribution < -0.4 is 10.9 Å². The quantitative estimate of drug-likeness (QED) is 0.889. The number of hydrogen-bond donors (Lipinski definition) is 2. The standard InChI is InChI=1S/C16H27N3O/c1-11(14-12(2)18-13(3)19-15(14)20)17-10-16(4)8-6-5-7-9-16/h11,17H,5-10H2,1-4H3,(H,18,19,20). The third-order valence-corrected chi connectivity index (χ3v) is 4.59. The zero-order chi connectivity index (χ0) is 14.8. The summed E-state index contributed by atoms with van der Waals surface area (Å²) < 4.78 is 0. The predicted molar refractivity (Wildman–Crippen MR) is 81.9 cm³/mol. The fraction of sp³-hybridized carbons (Fsp3) is 0.750. The molecule has 1 atom stereocenters. The molecule has 2 N–H and O–H groups in total. The average Bonchev–Trinajstić information content (AvgIpc) is 2.36. The van der Waals surface area contributed by atoms with E-state index in [0.29, 0.717) is 11.2 Å². The molecule has 0 spiro atoms. The maximum Gasteiger partial charge on any atom is 0.255 e. The maximum atomic E-state index is 12.1. The molecule has 1 heterocycles. The number of hydrogen-bond acceptors (Lipinski definition) is 3. The van der Waals surface area contributed by atoms with Gasteiger partial charge in [-0.2, -0.15) is 0 Å². The Kier molecular flexibility index (Phi) is 4.63. The van der Waals surface area contributed by atoms with Crippen LogP contribution in [0.2, 0.25) is 0 Å². The van der Waals surface area contributed by atoms with E-state index >= 15 is 0 Å². The second-order valence-corrected chi connectivity index (χ2v) is 6.62. The van der Waals surface area contributed by atoms with Gasteiger partial charge >= 0.3 is 0 Å². The molecule has 0 aliphatic heterocycles. The van der Waals surface area contributed by atoms with Gasteiger partial charge in [-0.1, -0.05) is 26.2 Å². The van der Waals surface area contributed by atoms with E-state index in [1.807, 2.05) is 13.8 Å². The molecule has 1 aromatic heterocycles. The van der Waals surface area contributed by atoms with Crippen LogP contribution in [0.3, 0.4) is 0 Å². The predicted octanol–water partition coefficient (Wildman–Crippen LogP) is 3.01. The number of aryl methyl sites for hydroxylation is 2. The van der Waals surface area contributed by atoms with Crippen LogP contribution in [0, 0.1) is 19.3 Å². The summed E-state index contributed by atoms with van der Waals surface area (Å²) in [5.41, 5.74) is 1.98. The molecule has 1 aromatic rings. The van der Waals surface area contributed by atoms with Crippen molar-refractivity contribution in [3.05, 3.63) is 27.4 Å². The number of aromatic nitrogens is 2. The molecule has 1 saturated carbocycles. The summed E-state index contributed by atoms with van der Waals surface area (Å²) in [7, 11) is 0. The highest BCUT2D eigenvalue weighted by atomic mass is 16.1. The zero-order valence-electron chi connectivity index (χ0n) is 13.2. The van der Waals surface area contributed by atoms with E-state index in [1.165, 1.54) is 32.1 Å². The Labute approximate surface area is 121 Å². The first kappa shape index (κ1) is 15.2. The third-order valence-electron chi connectivity index (χ3n) is 4.59. The van der Waals surface area contributed by atoms with Gasteiger partial charge in [-0.05, 0) is 39.0 Å². The number of nitrogens with zero attached hydrogens (tertiary/aromatic N) is 1. The fourth-order valence-corrected chi connectivity index (χ4v) is 3.33. The molecule has 1 aliphatic carbocycles. The molecule has 4 heteroatoms. The minimum Gasteiger partial charge on any atom is -0.310 e. The lowest BCUT2D eigenvalue weighted by Crippen LogP contribution is -2.37. The Hall–Kier alpha value is -1.16. The van der Waals surface area contributed by atoms with Gasteiger partial charge in [0.2, 0.25) is 0 Å². The molecule has 4 nitrogen and oxygen atoms in total. The average molecular weight is 277 g/mol. The van der Waals surface area contributed by atoms with Gasteiger partial charge in [-0.15, -0.1) is 0 Å².